The molecule has 0 amide bonds. The van der Waals surface area contributed by atoms with E-state index in [0.717, 1.165) is 13.0 Å². The molecule has 0 aromatic rings. The van der Waals surface area contributed by atoms with Gasteiger partial charge in [-0.2, -0.15) is 0 Å². The number of nitrogens with zero attached hydrogens (tertiary/aromatic N) is 1. The van der Waals surface area contributed by atoms with Gasteiger partial charge in [0.15, 0.2) is 5.78 Å². The third-order valence-electron chi connectivity index (χ3n) is 2.80. The molecule has 1 fully saturated rings. The minimum atomic E-state index is -0.515. The second-order valence-corrected chi connectivity index (χ2v) is 5.34. The summed E-state index contributed by atoms with van der Waals surface area (Å²) < 4.78 is 5.28. The van der Waals surface area contributed by atoms with Crippen molar-refractivity contribution in [1.29, 1.82) is 0 Å². The molecule has 88 valence electrons. The van der Waals surface area contributed by atoms with Crippen LogP contribution in [0.5, 0.6) is 0 Å². The van der Waals surface area contributed by atoms with Crippen molar-refractivity contribution < 1.29 is 14.3 Å². The minimum Gasteiger partial charge on any atom is -0.455 e. The average molecular weight is 223 g/mol. The highest BCUT2D eigenvalue weighted by molar-refractivity contribution is 6.01. The van der Waals surface area contributed by atoms with Crippen molar-refractivity contribution >= 4 is 11.8 Å². The molecule has 0 bridgehead atoms. The van der Waals surface area contributed by atoms with Gasteiger partial charge in [-0.05, 0) is 27.2 Å². The molecule has 1 saturated heterocycles. The summed E-state index contributed by atoms with van der Waals surface area (Å²) in [5, 5.41) is 0. The van der Waals surface area contributed by atoms with E-state index < -0.39 is 5.60 Å². The van der Waals surface area contributed by atoms with Crippen LogP contribution in [-0.4, -0.2) is 34.8 Å². The van der Waals surface area contributed by atoms with Crippen LogP contribution >= 0.6 is 0 Å². The number of fused-ring (bicyclic) bond motifs is 1. The molecule has 4 heteroatoms. The van der Waals surface area contributed by atoms with Gasteiger partial charge in [0, 0.05) is 25.1 Å². The van der Waals surface area contributed by atoms with E-state index in [-0.39, 0.29) is 17.8 Å². The van der Waals surface area contributed by atoms with E-state index in [9.17, 15) is 9.59 Å². The highest BCUT2D eigenvalue weighted by Gasteiger charge is 2.38. The molecule has 16 heavy (non-hydrogen) atoms. The summed E-state index contributed by atoms with van der Waals surface area (Å²) in [6.45, 7) is 6.32. The third-order valence-corrected chi connectivity index (χ3v) is 2.80. The van der Waals surface area contributed by atoms with E-state index in [1.807, 2.05) is 25.7 Å². The van der Waals surface area contributed by atoms with Gasteiger partial charge >= 0.3 is 5.97 Å². The van der Waals surface area contributed by atoms with Crippen molar-refractivity contribution in [3.05, 3.63) is 11.8 Å². The number of carbonyl (C=O) groups is 2. The lowest BCUT2D eigenvalue weighted by Crippen LogP contribution is -2.52. The highest BCUT2D eigenvalue weighted by Crippen LogP contribution is 2.31. The second-order valence-electron chi connectivity index (χ2n) is 5.34. The Morgan fingerprint density at radius 3 is 2.69 bits per heavy atom. The SMILES string of the molecule is CC(C)(C)OC(=O)C1=CC(=O)CC2CCN12. The van der Waals surface area contributed by atoms with Crippen LogP contribution in [0.4, 0.5) is 0 Å². The molecule has 4 nitrogen and oxygen atoms in total. The number of hydrogen-bond acceptors (Lipinski definition) is 4. The molecule has 0 N–H and O–H groups in total. The summed E-state index contributed by atoms with van der Waals surface area (Å²) in [7, 11) is 0. The normalized spacial score (nSPS) is 24.4. The molecule has 2 aliphatic rings. The van der Waals surface area contributed by atoms with E-state index in [4.69, 9.17) is 4.74 Å². The maximum absolute atomic E-state index is 11.9. The first-order chi connectivity index (χ1) is 7.37. The number of hydrogen-bond donors (Lipinski definition) is 0. The van der Waals surface area contributed by atoms with Crippen LogP contribution in [0.2, 0.25) is 0 Å². The van der Waals surface area contributed by atoms with Gasteiger partial charge in [-0.3, -0.25) is 4.79 Å². The van der Waals surface area contributed by atoms with Gasteiger partial charge in [-0.25, -0.2) is 4.79 Å². The first kappa shape index (κ1) is 11.2. The Labute approximate surface area is 95.2 Å². The smallest absolute Gasteiger partial charge is 0.355 e. The lowest BCUT2D eigenvalue weighted by Gasteiger charge is -2.45. The van der Waals surface area contributed by atoms with Crippen molar-refractivity contribution in [3.8, 4) is 0 Å². The summed E-state index contributed by atoms with van der Waals surface area (Å²) in [6.07, 6.45) is 2.95. The molecular formula is C12H17NO3. The summed E-state index contributed by atoms with van der Waals surface area (Å²) >= 11 is 0. The van der Waals surface area contributed by atoms with Crippen molar-refractivity contribution in [2.24, 2.45) is 0 Å². The lowest BCUT2D eigenvalue weighted by molar-refractivity contribution is -0.154. The summed E-state index contributed by atoms with van der Waals surface area (Å²) in [4.78, 5) is 25.3. The Kier molecular flexibility index (Phi) is 2.52. The van der Waals surface area contributed by atoms with Gasteiger partial charge in [0.25, 0.3) is 0 Å². The van der Waals surface area contributed by atoms with Crippen LogP contribution < -0.4 is 0 Å². The number of ketones is 1. The van der Waals surface area contributed by atoms with E-state index in [2.05, 4.69) is 0 Å². The zero-order valence-corrected chi connectivity index (χ0v) is 9.95. The number of esters is 1. The molecule has 0 radical (unpaired) electrons. The summed E-state index contributed by atoms with van der Waals surface area (Å²) in [5.41, 5.74) is -0.0823. The fraction of sp³-hybridized carbons (Fsp3) is 0.667. The second kappa shape index (κ2) is 3.61. The van der Waals surface area contributed by atoms with E-state index in [0.29, 0.717) is 12.1 Å². The molecule has 2 aliphatic heterocycles. The van der Waals surface area contributed by atoms with E-state index in [1.54, 1.807) is 0 Å². The molecule has 2 rings (SSSR count). The van der Waals surface area contributed by atoms with Gasteiger partial charge in [0.05, 0.1) is 0 Å². The average Bonchev–Trinajstić information content (AvgIpc) is 2.07. The first-order valence-corrected chi connectivity index (χ1v) is 5.61. The topological polar surface area (TPSA) is 46.6 Å². The molecule has 0 spiro atoms. The predicted molar refractivity (Wildman–Crippen MR) is 58.7 cm³/mol. The number of carbonyl (C=O) groups excluding carboxylic acids is 2. The van der Waals surface area contributed by atoms with Crippen molar-refractivity contribution in [3.63, 3.8) is 0 Å². The highest BCUT2D eigenvalue weighted by atomic mass is 16.6. The van der Waals surface area contributed by atoms with Gasteiger partial charge in [0.1, 0.15) is 11.3 Å². The molecule has 0 aromatic carbocycles. The van der Waals surface area contributed by atoms with Gasteiger partial charge in [-0.15, -0.1) is 0 Å². The summed E-state index contributed by atoms with van der Waals surface area (Å²) in [6, 6.07) is 0.222. The maximum atomic E-state index is 11.9. The number of rotatable bonds is 1. The summed E-state index contributed by atoms with van der Waals surface area (Å²) in [5.74, 6) is -0.355. The van der Waals surface area contributed by atoms with Gasteiger partial charge < -0.3 is 9.64 Å². The molecule has 0 aromatic heterocycles. The number of allylic oxidation sites excluding steroid dienone is 1. The predicted octanol–water partition coefficient (Wildman–Crippen LogP) is 1.26. The Hall–Kier alpha value is -1.32. The van der Waals surface area contributed by atoms with Crippen molar-refractivity contribution in [2.75, 3.05) is 6.54 Å². The zero-order valence-electron chi connectivity index (χ0n) is 9.95. The fourth-order valence-electron chi connectivity index (χ4n) is 2.00. The molecule has 2 heterocycles. The quantitative estimate of drug-likeness (QED) is 0.628. The van der Waals surface area contributed by atoms with Gasteiger partial charge in [0.2, 0.25) is 0 Å². The van der Waals surface area contributed by atoms with Crippen LogP contribution in [-0.2, 0) is 14.3 Å². The van der Waals surface area contributed by atoms with E-state index in [1.165, 1.54) is 6.08 Å². The Balaban J connectivity index is 2.13. The monoisotopic (exact) mass is 223 g/mol. The fourth-order valence-corrected chi connectivity index (χ4v) is 2.00. The Morgan fingerprint density at radius 2 is 2.19 bits per heavy atom. The van der Waals surface area contributed by atoms with Crippen LogP contribution in [0.25, 0.3) is 0 Å². The van der Waals surface area contributed by atoms with Crippen LogP contribution in [0.3, 0.4) is 0 Å². The zero-order chi connectivity index (χ0) is 11.9. The first-order valence-electron chi connectivity index (χ1n) is 5.61. The molecule has 1 unspecified atom stereocenters. The number of ether oxygens (including phenoxy) is 1. The van der Waals surface area contributed by atoms with Gasteiger partial charge in [-0.1, -0.05) is 0 Å². The molecular weight excluding hydrogens is 206 g/mol. The van der Waals surface area contributed by atoms with Crippen LogP contribution in [0.15, 0.2) is 11.8 Å². The Bertz CT molecular complexity index is 365. The molecule has 0 aliphatic carbocycles. The van der Waals surface area contributed by atoms with Crippen molar-refractivity contribution in [1.82, 2.24) is 4.90 Å². The van der Waals surface area contributed by atoms with Crippen molar-refractivity contribution in [2.45, 2.75) is 45.3 Å². The Morgan fingerprint density at radius 1 is 1.50 bits per heavy atom. The molecule has 1 atom stereocenters. The minimum absolute atomic E-state index is 0.0295. The molecule has 0 saturated carbocycles. The van der Waals surface area contributed by atoms with Crippen LogP contribution in [0.1, 0.15) is 33.6 Å². The maximum Gasteiger partial charge on any atom is 0.355 e. The van der Waals surface area contributed by atoms with Crippen LogP contribution in [0, 0.1) is 0 Å². The van der Waals surface area contributed by atoms with E-state index >= 15 is 0 Å². The third kappa shape index (κ3) is 2.10. The lowest BCUT2D eigenvalue weighted by atomic mass is 9.92. The largest absolute Gasteiger partial charge is 0.455 e. The standard InChI is InChI=1S/C12H17NO3/c1-12(2,3)16-11(15)10-7-9(14)6-8-4-5-13(8)10/h7-8H,4-6H2,1-3H3.